The molecule has 3 aliphatic rings. The molecule has 0 heterocycles. The highest BCUT2D eigenvalue weighted by Gasteiger charge is 2.50. The lowest BCUT2D eigenvalue weighted by atomic mass is 9.61. The molecule has 0 amide bonds. The molecule has 2 heteroatoms. The Morgan fingerprint density at radius 3 is 2.52 bits per heavy atom. The topological polar surface area (TPSA) is 40.5 Å². The zero-order chi connectivity index (χ0) is 18.2. The van der Waals surface area contributed by atoms with Crippen molar-refractivity contribution >= 4 is 0 Å². The minimum absolute atomic E-state index is 0.470. The highest BCUT2D eigenvalue weighted by atomic mass is 16.3. The van der Waals surface area contributed by atoms with Gasteiger partial charge < -0.3 is 10.2 Å². The van der Waals surface area contributed by atoms with E-state index >= 15 is 0 Å². The van der Waals surface area contributed by atoms with E-state index in [1.807, 2.05) is 0 Å². The first-order valence-electron chi connectivity index (χ1n) is 10.3. The van der Waals surface area contributed by atoms with E-state index in [1.165, 1.54) is 38.5 Å². The Bertz CT molecular complexity index is 557. The molecule has 0 aromatic rings. The van der Waals surface area contributed by atoms with Crippen molar-refractivity contribution in [3.8, 4) is 0 Å². The largest absolute Gasteiger partial charge is 0.388 e. The molecule has 3 aliphatic carbocycles. The molecule has 0 radical (unpaired) electrons. The summed E-state index contributed by atoms with van der Waals surface area (Å²) in [4.78, 5) is 0. The van der Waals surface area contributed by atoms with Crippen LogP contribution in [0, 0.1) is 23.2 Å². The maximum Gasteiger partial charge on any atom is 0.0809 e. The summed E-state index contributed by atoms with van der Waals surface area (Å²) >= 11 is 0. The number of rotatable bonds is 3. The Morgan fingerprint density at radius 2 is 1.88 bits per heavy atom. The van der Waals surface area contributed by atoms with Gasteiger partial charge in [0, 0.05) is 0 Å². The molecule has 3 fully saturated rings. The van der Waals surface area contributed by atoms with Crippen LogP contribution in [0.15, 0.2) is 35.5 Å². The molecule has 25 heavy (non-hydrogen) atoms. The van der Waals surface area contributed by atoms with Gasteiger partial charge in [-0.1, -0.05) is 57.1 Å². The highest BCUT2D eigenvalue weighted by Crippen LogP contribution is 2.59. The summed E-state index contributed by atoms with van der Waals surface area (Å²) in [5.41, 5.74) is 3.81. The summed E-state index contributed by atoms with van der Waals surface area (Å²) in [6, 6.07) is 0. The van der Waals surface area contributed by atoms with E-state index in [2.05, 4.69) is 39.5 Å². The molecular weight excluding hydrogens is 308 g/mol. The van der Waals surface area contributed by atoms with E-state index in [9.17, 15) is 10.2 Å². The first kappa shape index (κ1) is 18.9. The van der Waals surface area contributed by atoms with Crippen LogP contribution in [0.25, 0.3) is 0 Å². The number of hydrogen-bond donors (Lipinski definition) is 2. The maximum atomic E-state index is 10.0. The van der Waals surface area contributed by atoms with E-state index in [4.69, 9.17) is 0 Å². The van der Waals surface area contributed by atoms with Crippen molar-refractivity contribution in [2.75, 3.05) is 0 Å². The maximum absolute atomic E-state index is 10.0. The van der Waals surface area contributed by atoms with Crippen LogP contribution in [0.2, 0.25) is 0 Å². The number of aliphatic hydroxyl groups excluding tert-OH is 2. The minimum atomic E-state index is -0.591. The Balaban J connectivity index is 1.78. The second-order valence-corrected chi connectivity index (χ2v) is 9.06. The summed E-state index contributed by atoms with van der Waals surface area (Å²) in [5, 5.41) is 20.1. The molecule has 0 spiro atoms. The van der Waals surface area contributed by atoms with Gasteiger partial charge in [-0.05, 0) is 73.7 Å². The molecule has 2 N–H and O–H groups in total. The van der Waals surface area contributed by atoms with Crippen molar-refractivity contribution in [3.05, 3.63) is 35.5 Å². The Morgan fingerprint density at radius 1 is 1.20 bits per heavy atom. The summed E-state index contributed by atoms with van der Waals surface area (Å²) in [7, 11) is 0. The Hall–Kier alpha value is -0.860. The molecule has 140 valence electrons. The molecular formula is C23H36O2. The quantitative estimate of drug-likeness (QED) is 0.693. The van der Waals surface area contributed by atoms with E-state index in [0.717, 1.165) is 23.3 Å². The summed E-state index contributed by atoms with van der Waals surface area (Å²) < 4.78 is 0. The van der Waals surface area contributed by atoms with Crippen LogP contribution in [0.1, 0.15) is 72.1 Å². The zero-order valence-electron chi connectivity index (χ0n) is 16.3. The lowest BCUT2D eigenvalue weighted by Gasteiger charge is -2.44. The van der Waals surface area contributed by atoms with Gasteiger partial charge in [0.2, 0.25) is 0 Å². The first-order chi connectivity index (χ1) is 11.9. The average Bonchev–Trinajstić information content (AvgIpc) is 2.94. The highest BCUT2D eigenvalue weighted by molar-refractivity contribution is 5.29. The van der Waals surface area contributed by atoms with Crippen molar-refractivity contribution in [1.82, 2.24) is 0 Å². The van der Waals surface area contributed by atoms with Crippen molar-refractivity contribution in [2.24, 2.45) is 23.2 Å². The molecule has 2 nitrogen and oxygen atoms in total. The fraction of sp³-hybridized carbons (Fsp3) is 0.739. The van der Waals surface area contributed by atoms with Crippen LogP contribution < -0.4 is 0 Å². The first-order valence-corrected chi connectivity index (χ1v) is 10.3. The monoisotopic (exact) mass is 344 g/mol. The summed E-state index contributed by atoms with van der Waals surface area (Å²) in [5.74, 6) is 2.41. The van der Waals surface area contributed by atoms with Crippen LogP contribution in [-0.2, 0) is 0 Å². The van der Waals surface area contributed by atoms with Gasteiger partial charge in [0.05, 0.1) is 12.2 Å². The second kappa shape index (κ2) is 7.40. The third kappa shape index (κ3) is 3.53. The lowest BCUT2D eigenvalue weighted by molar-refractivity contribution is 0.0961. The van der Waals surface area contributed by atoms with Crippen LogP contribution in [0.4, 0.5) is 0 Å². The minimum Gasteiger partial charge on any atom is -0.388 e. The van der Waals surface area contributed by atoms with Crippen molar-refractivity contribution in [1.29, 1.82) is 0 Å². The molecule has 0 saturated heterocycles. The Kier molecular flexibility index (Phi) is 5.60. The van der Waals surface area contributed by atoms with E-state index < -0.39 is 12.2 Å². The Labute approximate surface area is 153 Å². The van der Waals surface area contributed by atoms with E-state index in [0.29, 0.717) is 23.8 Å². The molecule has 0 aromatic heterocycles. The van der Waals surface area contributed by atoms with Crippen molar-refractivity contribution in [2.45, 2.75) is 84.3 Å². The normalized spacial score (nSPS) is 41.7. The predicted octanol–water partition coefficient (Wildman–Crippen LogP) is 5.17. The molecule has 4 unspecified atom stereocenters. The number of aliphatic hydroxyl groups is 2. The molecule has 6 atom stereocenters. The SMILES string of the molecule is C=C1[C@H](O)CC(=C/C=C2\CCCC3(C)C2CCC3C(C)CC)C[C@H]1O. The third-order valence-electron chi connectivity index (χ3n) is 7.67. The molecule has 3 saturated carbocycles. The van der Waals surface area contributed by atoms with Crippen LogP contribution in [-0.4, -0.2) is 22.4 Å². The zero-order valence-corrected chi connectivity index (χ0v) is 16.3. The number of hydrogen-bond acceptors (Lipinski definition) is 2. The average molecular weight is 345 g/mol. The van der Waals surface area contributed by atoms with Gasteiger partial charge in [-0.2, -0.15) is 0 Å². The fourth-order valence-corrected chi connectivity index (χ4v) is 5.92. The van der Waals surface area contributed by atoms with Gasteiger partial charge in [0.15, 0.2) is 0 Å². The summed E-state index contributed by atoms with van der Waals surface area (Å²) in [6.07, 6.45) is 12.5. The fourth-order valence-electron chi connectivity index (χ4n) is 5.92. The van der Waals surface area contributed by atoms with Crippen LogP contribution in [0.5, 0.6) is 0 Å². The molecule has 0 aromatic carbocycles. The van der Waals surface area contributed by atoms with E-state index in [1.54, 1.807) is 5.57 Å². The van der Waals surface area contributed by atoms with Crippen molar-refractivity contribution < 1.29 is 10.2 Å². The molecule has 0 bridgehead atoms. The second-order valence-electron chi connectivity index (χ2n) is 9.06. The van der Waals surface area contributed by atoms with Gasteiger partial charge in [-0.3, -0.25) is 0 Å². The van der Waals surface area contributed by atoms with Crippen LogP contribution in [0.3, 0.4) is 0 Å². The van der Waals surface area contributed by atoms with Gasteiger partial charge in [-0.25, -0.2) is 0 Å². The van der Waals surface area contributed by atoms with E-state index in [-0.39, 0.29) is 0 Å². The number of fused-ring (bicyclic) bond motifs is 1. The summed E-state index contributed by atoms with van der Waals surface area (Å²) in [6.45, 7) is 11.1. The van der Waals surface area contributed by atoms with Gasteiger partial charge in [0.25, 0.3) is 0 Å². The smallest absolute Gasteiger partial charge is 0.0809 e. The van der Waals surface area contributed by atoms with Gasteiger partial charge in [0.1, 0.15) is 0 Å². The van der Waals surface area contributed by atoms with Gasteiger partial charge in [-0.15, -0.1) is 0 Å². The standard InChI is InChI=1S/C23H36O2/c1-5-15(2)19-10-11-20-18(7-6-12-23(19,20)4)9-8-17-13-21(24)16(3)22(25)14-17/h8-9,15,19-22,24-25H,3,5-7,10-14H2,1-2,4H3/b18-9+/t15?,19?,20?,21-,22-,23?/m1/s1. The van der Waals surface area contributed by atoms with Gasteiger partial charge >= 0.3 is 0 Å². The predicted molar refractivity (Wildman–Crippen MR) is 104 cm³/mol. The third-order valence-corrected chi connectivity index (χ3v) is 7.67. The van der Waals surface area contributed by atoms with Crippen LogP contribution >= 0.6 is 0 Å². The molecule has 3 rings (SSSR count). The molecule has 0 aliphatic heterocycles. The lowest BCUT2D eigenvalue weighted by Crippen LogP contribution is -2.35. The number of allylic oxidation sites excluding steroid dienone is 3. The van der Waals surface area contributed by atoms with Crippen molar-refractivity contribution in [3.63, 3.8) is 0 Å².